The van der Waals surface area contributed by atoms with Crippen LogP contribution in [0.1, 0.15) is 6.42 Å². The van der Waals surface area contributed by atoms with E-state index in [4.69, 9.17) is 5.11 Å². The van der Waals surface area contributed by atoms with Crippen LogP contribution in [0.3, 0.4) is 0 Å². The fourth-order valence-corrected chi connectivity index (χ4v) is 2.57. The Balaban J connectivity index is 1.71. The lowest BCUT2D eigenvalue weighted by Crippen LogP contribution is -2.16. The van der Waals surface area contributed by atoms with Crippen LogP contribution in [0, 0.1) is 5.82 Å². The summed E-state index contributed by atoms with van der Waals surface area (Å²) in [5, 5.41) is 14.8. The number of anilines is 2. The summed E-state index contributed by atoms with van der Waals surface area (Å²) >= 11 is 0. The number of nitrogens with one attached hydrogen (secondary N) is 2. The van der Waals surface area contributed by atoms with Gasteiger partial charge in [0.15, 0.2) is 0 Å². The molecule has 130 valence electrons. The van der Waals surface area contributed by atoms with Crippen LogP contribution in [0.2, 0.25) is 0 Å². The molecule has 0 atom stereocenters. The molecule has 1 heterocycles. The Morgan fingerprint density at radius 3 is 2.68 bits per heavy atom. The Morgan fingerprint density at radius 1 is 1.16 bits per heavy atom. The van der Waals surface area contributed by atoms with Crippen LogP contribution >= 0.6 is 0 Å². The second-order valence-electron chi connectivity index (χ2n) is 5.53. The van der Waals surface area contributed by atoms with Gasteiger partial charge in [-0.2, -0.15) is 0 Å². The maximum atomic E-state index is 12.9. The number of nitrogens with zero attached hydrogens (tertiary/aromatic N) is 2. The minimum absolute atomic E-state index is 0.00570. The molecule has 0 saturated carbocycles. The van der Waals surface area contributed by atoms with E-state index >= 15 is 0 Å². The highest BCUT2D eigenvalue weighted by Crippen LogP contribution is 2.20. The van der Waals surface area contributed by atoms with Crippen LogP contribution in [-0.2, 0) is 11.3 Å². The molecule has 25 heavy (non-hydrogen) atoms. The third-order valence-electron chi connectivity index (χ3n) is 3.74. The highest BCUT2D eigenvalue weighted by molar-refractivity contribution is 5.90. The maximum Gasteiger partial charge on any atom is 0.226 e. The molecule has 7 heteroatoms. The second-order valence-corrected chi connectivity index (χ2v) is 5.53. The van der Waals surface area contributed by atoms with Gasteiger partial charge in [-0.15, -0.1) is 0 Å². The first-order valence-electron chi connectivity index (χ1n) is 8.03. The highest BCUT2D eigenvalue weighted by Gasteiger charge is 2.11. The number of amides is 1. The number of hydrogen-bond acceptors (Lipinski definition) is 4. The highest BCUT2D eigenvalue weighted by atomic mass is 19.1. The normalized spacial score (nSPS) is 10.8. The van der Waals surface area contributed by atoms with E-state index in [2.05, 4.69) is 15.6 Å². The summed E-state index contributed by atoms with van der Waals surface area (Å²) in [6.07, 6.45) is 0.242. The quantitative estimate of drug-likeness (QED) is 0.617. The zero-order chi connectivity index (χ0) is 17.6. The maximum absolute atomic E-state index is 12.9. The number of fused-ring (bicyclic) bond motifs is 1. The summed E-state index contributed by atoms with van der Waals surface area (Å²) in [5.41, 5.74) is 2.29. The van der Waals surface area contributed by atoms with E-state index in [1.807, 2.05) is 28.8 Å². The monoisotopic (exact) mass is 342 g/mol. The number of para-hydroxylation sites is 2. The lowest BCUT2D eigenvalue weighted by molar-refractivity contribution is -0.116. The van der Waals surface area contributed by atoms with E-state index in [1.165, 1.54) is 24.3 Å². The number of aromatic nitrogens is 2. The van der Waals surface area contributed by atoms with Gasteiger partial charge in [0.1, 0.15) is 5.82 Å². The van der Waals surface area contributed by atoms with E-state index in [0.29, 0.717) is 24.7 Å². The molecule has 0 aliphatic carbocycles. The molecule has 0 aliphatic heterocycles. The molecule has 0 bridgehead atoms. The molecule has 0 aliphatic rings. The molecular weight excluding hydrogens is 323 g/mol. The Bertz CT molecular complexity index is 861. The molecule has 0 unspecified atom stereocenters. The summed E-state index contributed by atoms with van der Waals surface area (Å²) in [7, 11) is 0. The average Bonchev–Trinajstić information content (AvgIpc) is 2.97. The number of halogens is 1. The van der Waals surface area contributed by atoms with Gasteiger partial charge >= 0.3 is 0 Å². The van der Waals surface area contributed by atoms with Crippen LogP contribution in [0.4, 0.5) is 16.0 Å². The minimum atomic E-state index is -0.345. The number of aryl methyl sites for hydroxylation is 1. The number of imidazole rings is 1. The smallest absolute Gasteiger partial charge is 0.226 e. The number of aliphatic hydroxyl groups is 1. The fourth-order valence-electron chi connectivity index (χ4n) is 2.57. The topological polar surface area (TPSA) is 79.2 Å². The van der Waals surface area contributed by atoms with Crippen LogP contribution in [-0.4, -0.2) is 33.7 Å². The summed E-state index contributed by atoms with van der Waals surface area (Å²) in [6, 6.07) is 13.3. The van der Waals surface area contributed by atoms with Crippen molar-refractivity contribution in [1.82, 2.24) is 9.55 Å². The predicted molar refractivity (Wildman–Crippen MR) is 95.0 cm³/mol. The van der Waals surface area contributed by atoms with Gasteiger partial charge in [0.25, 0.3) is 0 Å². The SMILES string of the molecule is O=C(CCn1c(NCCO)nc2ccccc21)Nc1ccc(F)cc1. The summed E-state index contributed by atoms with van der Waals surface area (Å²) < 4.78 is 14.8. The fraction of sp³-hybridized carbons (Fsp3) is 0.222. The first kappa shape index (κ1) is 16.9. The van der Waals surface area contributed by atoms with Gasteiger partial charge in [0.05, 0.1) is 17.6 Å². The van der Waals surface area contributed by atoms with Gasteiger partial charge < -0.3 is 20.3 Å². The second kappa shape index (κ2) is 7.76. The van der Waals surface area contributed by atoms with Gasteiger partial charge in [-0.1, -0.05) is 12.1 Å². The summed E-state index contributed by atoms with van der Waals surface area (Å²) in [4.78, 5) is 16.6. The number of aliphatic hydroxyl groups excluding tert-OH is 1. The standard InChI is InChI=1S/C18H19FN4O2/c19-13-5-7-14(8-6-13)21-17(25)9-11-23-16-4-2-1-3-15(16)22-18(23)20-10-12-24/h1-8,24H,9-12H2,(H,20,22)(H,21,25). The molecule has 3 aromatic rings. The number of rotatable bonds is 7. The molecule has 2 aromatic carbocycles. The molecule has 3 rings (SSSR count). The minimum Gasteiger partial charge on any atom is -0.395 e. The van der Waals surface area contributed by atoms with Crippen molar-refractivity contribution in [1.29, 1.82) is 0 Å². The van der Waals surface area contributed by atoms with Gasteiger partial charge in [0, 0.05) is 25.2 Å². The van der Waals surface area contributed by atoms with Gasteiger partial charge in [-0.25, -0.2) is 9.37 Å². The van der Waals surface area contributed by atoms with Crippen molar-refractivity contribution in [3.63, 3.8) is 0 Å². The van der Waals surface area contributed by atoms with E-state index in [0.717, 1.165) is 11.0 Å². The number of carbonyl (C=O) groups is 1. The lowest BCUT2D eigenvalue weighted by atomic mass is 10.3. The van der Waals surface area contributed by atoms with Crippen molar-refractivity contribution >= 4 is 28.6 Å². The third-order valence-corrected chi connectivity index (χ3v) is 3.74. The largest absolute Gasteiger partial charge is 0.395 e. The Hall–Kier alpha value is -2.93. The number of carbonyl (C=O) groups excluding carboxylic acids is 1. The van der Waals surface area contributed by atoms with Crippen molar-refractivity contribution in [3.8, 4) is 0 Å². The van der Waals surface area contributed by atoms with E-state index in [1.54, 1.807) is 0 Å². The van der Waals surface area contributed by atoms with Gasteiger partial charge in [-0.3, -0.25) is 4.79 Å². The Morgan fingerprint density at radius 2 is 1.92 bits per heavy atom. The van der Waals surface area contributed by atoms with Gasteiger partial charge in [0.2, 0.25) is 11.9 Å². The van der Waals surface area contributed by atoms with E-state index < -0.39 is 0 Å². The zero-order valence-corrected chi connectivity index (χ0v) is 13.6. The summed E-state index contributed by atoms with van der Waals surface area (Å²) in [5.74, 6) is 0.102. The summed E-state index contributed by atoms with van der Waals surface area (Å²) in [6.45, 7) is 0.806. The molecule has 0 spiro atoms. The lowest BCUT2D eigenvalue weighted by Gasteiger charge is -2.10. The van der Waals surface area contributed by atoms with Crippen molar-refractivity contribution in [2.24, 2.45) is 0 Å². The van der Waals surface area contributed by atoms with Crippen LogP contribution < -0.4 is 10.6 Å². The van der Waals surface area contributed by atoms with Crippen molar-refractivity contribution in [3.05, 3.63) is 54.3 Å². The number of hydrogen-bond donors (Lipinski definition) is 3. The van der Waals surface area contributed by atoms with E-state index in [-0.39, 0.29) is 24.8 Å². The van der Waals surface area contributed by atoms with Crippen LogP contribution in [0.15, 0.2) is 48.5 Å². The van der Waals surface area contributed by atoms with Crippen LogP contribution in [0.5, 0.6) is 0 Å². The Kier molecular flexibility index (Phi) is 5.25. The molecule has 1 amide bonds. The van der Waals surface area contributed by atoms with Crippen LogP contribution in [0.25, 0.3) is 11.0 Å². The zero-order valence-electron chi connectivity index (χ0n) is 13.6. The predicted octanol–water partition coefficient (Wildman–Crippen LogP) is 2.61. The molecule has 0 saturated heterocycles. The third kappa shape index (κ3) is 4.13. The molecule has 0 fully saturated rings. The molecule has 1 aromatic heterocycles. The first-order valence-corrected chi connectivity index (χ1v) is 8.03. The first-order chi connectivity index (χ1) is 12.2. The molecule has 0 radical (unpaired) electrons. The Labute approximate surface area is 144 Å². The van der Waals surface area contributed by atoms with E-state index in [9.17, 15) is 9.18 Å². The molecule has 6 nitrogen and oxygen atoms in total. The number of benzene rings is 2. The van der Waals surface area contributed by atoms with Gasteiger partial charge in [-0.05, 0) is 36.4 Å². The van der Waals surface area contributed by atoms with Crippen molar-refractivity contribution in [2.75, 3.05) is 23.8 Å². The molecular formula is C18H19FN4O2. The average molecular weight is 342 g/mol. The molecule has 3 N–H and O–H groups in total. The van der Waals surface area contributed by atoms with Crippen molar-refractivity contribution < 1.29 is 14.3 Å². The van der Waals surface area contributed by atoms with Crippen molar-refractivity contribution in [2.45, 2.75) is 13.0 Å².